The zero-order chi connectivity index (χ0) is 22.0. The van der Waals surface area contributed by atoms with Crippen LogP contribution >= 0.6 is 0 Å². The molecule has 31 heavy (non-hydrogen) atoms. The SMILES string of the molecule is O=C(N/N=C/c1c(O)cc(O)cc1O)c1ccc(-c2cc(=O)c3ccccc3o2)cc1. The van der Waals surface area contributed by atoms with E-state index in [1.54, 1.807) is 48.5 Å². The molecule has 154 valence electrons. The molecule has 0 unspecified atom stereocenters. The molecule has 0 radical (unpaired) electrons. The average molecular weight is 416 g/mol. The van der Waals surface area contributed by atoms with Crippen molar-refractivity contribution in [3.05, 3.63) is 88.1 Å². The molecular formula is C23H16N2O6. The average Bonchev–Trinajstić information content (AvgIpc) is 2.75. The molecule has 0 aliphatic carbocycles. The van der Waals surface area contributed by atoms with Crippen LogP contribution in [0.2, 0.25) is 0 Å². The second kappa shape index (κ2) is 8.03. The van der Waals surface area contributed by atoms with Gasteiger partial charge in [-0.15, -0.1) is 0 Å². The third-order valence-corrected chi connectivity index (χ3v) is 4.55. The van der Waals surface area contributed by atoms with Gasteiger partial charge in [-0.25, -0.2) is 5.43 Å². The molecule has 0 saturated heterocycles. The number of carbonyl (C=O) groups is 1. The lowest BCUT2D eigenvalue weighted by atomic mass is 10.1. The number of hydrogen-bond acceptors (Lipinski definition) is 7. The molecule has 1 amide bonds. The Balaban J connectivity index is 1.51. The first kappa shape index (κ1) is 19.7. The number of hydrogen-bond donors (Lipinski definition) is 4. The zero-order valence-corrected chi connectivity index (χ0v) is 15.9. The topological polar surface area (TPSA) is 132 Å². The summed E-state index contributed by atoms with van der Waals surface area (Å²) in [5.74, 6) is -1.24. The van der Waals surface area contributed by atoms with E-state index < -0.39 is 17.4 Å². The number of hydrazone groups is 1. The van der Waals surface area contributed by atoms with Gasteiger partial charge in [-0.05, 0) is 24.3 Å². The van der Waals surface area contributed by atoms with Crippen molar-refractivity contribution >= 4 is 23.1 Å². The van der Waals surface area contributed by atoms with Gasteiger partial charge in [0.25, 0.3) is 5.91 Å². The Hall–Kier alpha value is -4.59. The number of para-hydroxylation sites is 1. The van der Waals surface area contributed by atoms with Crippen LogP contribution in [-0.2, 0) is 0 Å². The summed E-state index contributed by atoms with van der Waals surface area (Å²) in [6.45, 7) is 0. The van der Waals surface area contributed by atoms with Crippen LogP contribution in [-0.4, -0.2) is 27.4 Å². The minimum Gasteiger partial charge on any atom is -0.508 e. The van der Waals surface area contributed by atoms with Crippen molar-refractivity contribution in [2.24, 2.45) is 5.10 Å². The maximum absolute atomic E-state index is 12.3. The van der Waals surface area contributed by atoms with Gasteiger partial charge in [0.15, 0.2) is 5.43 Å². The van der Waals surface area contributed by atoms with E-state index in [1.807, 2.05) is 0 Å². The molecule has 0 atom stereocenters. The molecule has 0 spiro atoms. The van der Waals surface area contributed by atoms with Gasteiger partial charge in [-0.3, -0.25) is 9.59 Å². The summed E-state index contributed by atoms with van der Waals surface area (Å²) < 4.78 is 5.78. The summed E-state index contributed by atoms with van der Waals surface area (Å²) in [5, 5.41) is 32.9. The Labute approximate surface area is 175 Å². The van der Waals surface area contributed by atoms with Gasteiger partial charge in [0.05, 0.1) is 17.2 Å². The number of phenols is 3. The molecule has 1 aromatic heterocycles. The standard InChI is InChI=1S/C23H16N2O6/c26-15-9-18(27)17(19(28)10-15)12-24-25-23(30)14-7-5-13(6-8-14)22-11-20(29)16-3-1-2-4-21(16)31-22/h1-12,26-28H,(H,25,30)/b24-12+. The largest absolute Gasteiger partial charge is 0.508 e. The highest BCUT2D eigenvalue weighted by Gasteiger charge is 2.10. The van der Waals surface area contributed by atoms with Gasteiger partial charge in [0.2, 0.25) is 0 Å². The molecule has 4 rings (SSSR count). The minimum atomic E-state index is -0.527. The molecule has 0 aliphatic rings. The van der Waals surface area contributed by atoms with E-state index in [0.29, 0.717) is 27.9 Å². The van der Waals surface area contributed by atoms with Crippen LogP contribution in [0.4, 0.5) is 0 Å². The van der Waals surface area contributed by atoms with E-state index in [4.69, 9.17) is 4.42 Å². The Morgan fingerprint density at radius 3 is 2.32 bits per heavy atom. The van der Waals surface area contributed by atoms with Crippen LogP contribution in [0.15, 0.2) is 81.0 Å². The first-order valence-electron chi connectivity index (χ1n) is 9.14. The van der Waals surface area contributed by atoms with E-state index >= 15 is 0 Å². The second-order valence-corrected chi connectivity index (χ2v) is 6.65. The van der Waals surface area contributed by atoms with Crippen LogP contribution in [0.1, 0.15) is 15.9 Å². The van der Waals surface area contributed by atoms with Crippen LogP contribution in [0, 0.1) is 0 Å². The summed E-state index contributed by atoms with van der Waals surface area (Å²) in [6.07, 6.45) is 1.06. The fourth-order valence-electron chi connectivity index (χ4n) is 2.99. The smallest absolute Gasteiger partial charge is 0.271 e. The molecule has 1 heterocycles. The summed E-state index contributed by atoms with van der Waals surface area (Å²) in [5.41, 5.74) is 3.46. The van der Waals surface area contributed by atoms with E-state index in [9.17, 15) is 24.9 Å². The molecule has 3 aromatic carbocycles. The number of fused-ring (bicyclic) bond motifs is 1. The number of phenolic OH excluding ortho intramolecular Hbond substituents is 3. The van der Waals surface area contributed by atoms with Gasteiger partial charge < -0.3 is 19.7 Å². The van der Waals surface area contributed by atoms with Crippen LogP contribution in [0.3, 0.4) is 0 Å². The maximum atomic E-state index is 12.3. The fourth-order valence-corrected chi connectivity index (χ4v) is 2.99. The number of aromatic hydroxyl groups is 3. The van der Waals surface area contributed by atoms with Crippen molar-refractivity contribution in [1.29, 1.82) is 0 Å². The van der Waals surface area contributed by atoms with E-state index in [1.165, 1.54) is 6.07 Å². The summed E-state index contributed by atoms with van der Waals surface area (Å²) in [4.78, 5) is 24.5. The molecule has 4 N–H and O–H groups in total. The molecule has 0 aliphatic heterocycles. The lowest BCUT2D eigenvalue weighted by molar-refractivity contribution is 0.0955. The van der Waals surface area contributed by atoms with Gasteiger partial charge in [0, 0.05) is 29.3 Å². The summed E-state index contributed by atoms with van der Waals surface area (Å²) >= 11 is 0. The number of nitrogens with zero attached hydrogens (tertiary/aromatic N) is 1. The van der Waals surface area contributed by atoms with Gasteiger partial charge in [0.1, 0.15) is 28.6 Å². The van der Waals surface area contributed by atoms with Crippen molar-refractivity contribution in [2.75, 3.05) is 0 Å². The molecule has 8 heteroatoms. The molecule has 0 bridgehead atoms. The van der Waals surface area contributed by atoms with Crippen molar-refractivity contribution in [2.45, 2.75) is 0 Å². The molecule has 0 saturated carbocycles. The van der Waals surface area contributed by atoms with Gasteiger partial charge in [-0.1, -0.05) is 24.3 Å². The Bertz CT molecular complexity index is 1350. The van der Waals surface area contributed by atoms with Crippen molar-refractivity contribution < 1.29 is 24.5 Å². The summed E-state index contributed by atoms with van der Waals surface area (Å²) in [7, 11) is 0. The molecule has 4 aromatic rings. The lowest BCUT2D eigenvalue weighted by Gasteiger charge is -2.05. The maximum Gasteiger partial charge on any atom is 0.271 e. The predicted molar refractivity (Wildman–Crippen MR) is 114 cm³/mol. The molecular weight excluding hydrogens is 400 g/mol. The molecule has 8 nitrogen and oxygen atoms in total. The minimum absolute atomic E-state index is 0.0558. The van der Waals surface area contributed by atoms with Gasteiger partial charge in [-0.2, -0.15) is 5.10 Å². The molecule has 0 fully saturated rings. The van der Waals surface area contributed by atoms with Crippen molar-refractivity contribution in [1.82, 2.24) is 5.43 Å². The number of carbonyl (C=O) groups excluding carboxylic acids is 1. The van der Waals surface area contributed by atoms with Crippen LogP contribution in [0.5, 0.6) is 17.2 Å². The third-order valence-electron chi connectivity index (χ3n) is 4.55. The Morgan fingerprint density at radius 2 is 1.61 bits per heavy atom. The monoisotopic (exact) mass is 416 g/mol. The zero-order valence-electron chi connectivity index (χ0n) is 15.9. The van der Waals surface area contributed by atoms with E-state index in [-0.39, 0.29) is 16.7 Å². The van der Waals surface area contributed by atoms with E-state index in [2.05, 4.69) is 10.5 Å². The lowest BCUT2D eigenvalue weighted by Crippen LogP contribution is -2.17. The quantitative estimate of drug-likeness (QED) is 0.298. The first-order chi connectivity index (χ1) is 14.9. The fraction of sp³-hybridized carbons (Fsp3) is 0. The predicted octanol–water partition coefficient (Wildman–Crippen LogP) is 3.34. The van der Waals surface area contributed by atoms with Crippen LogP contribution < -0.4 is 10.9 Å². The number of benzene rings is 3. The number of amides is 1. The first-order valence-corrected chi connectivity index (χ1v) is 9.14. The second-order valence-electron chi connectivity index (χ2n) is 6.65. The normalized spacial score (nSPS) is 11.1. The Morgan fingerprint density at radius 1 is 0.935 bits per heavy atom. The van der Waals surface area contributed by atoms with E-state index in [0.717, 1.165) is 18.3 Å². The van der Waals surface area contributed by atoms with Gasteiger partial charge >= 0.3 is 0 Å². The summed E-state index contributed by atoms with van der Waals surface area (Å²) in [6, 6.07) is 16.8. The van der Waals surface area contributed by atoms with Crippen LogP contribution in [0.25, 0.3) is 22.3 Å². The third kappa shape index (κ3) is 4.08. The highest BCUT2D eigenvalue weighted by molar-refractivity contribution is 5.96. The number of rotatable bonds is 4. The number of nitrogens with one attached hydrogen (secondary N) is 1. The Kier molecular flexibility index (Phi) is 5.11. The van der Waals surface area contributed by atoms with Crippen molar-refractivity contribution in [3.63, 3.8) is 0 Å². The highest BCUT2D eigenvalue weighted by atomic mass is 16.3. The highest BCUT2D eigenvalue weighted by Crippen LogP contribution is 2.30. The van der Waals surface area contributed by atoms with Crippen molar-refractivity contribution in [3.8, 4) is 28.6 Å².